The van der Waals surface area contributed by atoms with Crippen LogP contribution in [-0.4, -0.2) is 11.5 Å². The van der Waals surface area contributed by atoms with E-state index in [0.717, 1.165) is 0 Å². The number of non-ortho nitro benzene ring substituents is 1. The Kier molecular flexibility index (Phi) is 4.44. The molecular weight excluding hydrogens is 254 g/mol. The Morgan fingerprint density at radius 1 is 1.32 bits per heavy atom. The van der Waals surface area contributed by atoms with Gasteiger partial charge in [0.15, 0.2) is 11.6 Å². The number of hydrogen-bond acceptors (Lipinski definition) is 3. The zero-order chi connectivity index (χ0) is 14.8. The van der Waals surface area contributed by atoms with Crippen molar-refractivity contribution in [2.24, 2.45) is 11.3 Å². The van der Waals surface area contributed by atoms with E-state index in [1.54, 1.807) is 0 Å². The maximum atomic E-state index is 13.6. The van der Waals surface area contributed by atoms with Gasteiger partial charge in [-0.2, -0.15) is 0 Å². The number of nitrogens with zero attached hydrogens (tertiary/aromatic N) is 1. The molecule has 1 rings (SSSR count). The van der Waals surface area contributed by atoms with E-state index in [0.29, 0.717) is 24.6 Å². The lowest BCUT2D eigenvalue weighted by atomic mass is 9.81. The van der Waals surface area contributed by atoms with Crippen LogP contribution in [0.1, 0.15) is 27.7 Å². The average molecular weight is 272 g/mol. The molecule has 6 heteroatoms. The zero-order valence-electron chi connectivity index (χ0n) is 11.5. The highest BCUT2D eigenvalue weighted by Crippen LogP contribution is 2.29. The molecule has 0 aliphatic rings. The van der Waals surface area contributed by atoms with Crippen LogP contribution < -0.4 is 5.32 Å². The van der Waals surface area contributed by atoms with Crippen molar-refractivity contribution in [1.29, 1.82) is 0 Å². The fraction of sp³-hybridized carbons (Fsp3) is 0.538. The van der Waals surface area contributed by atoms with E-state index in [1.165, 1.54) is 0 Å². The van der Waals surface area contributed by atoms with E-state index in [2.05, 4.69) is 5.32 Å². The summed E-state index contributed by atoms with van der Waals surface area (Å²) in [6, 6.07) is 1.43. The molecule has 0 saturated carbocycles. The summed E-state index contributed by atoms with van der Waals surface area (Å²) in [5.41, 5.74) is -1.07. The molecule has 0 amide bonds. The molecule has 1 N–H and O–H groups in total. The van der Waals surface area contributed by atoms with E-state index in [9.17, 15) is 18.9 Å². The number of rotatable bonds is 5. The molecular formula is C13H18F2N2O2. The number of nitrogens with one attached hydrogen (secondary N) is 1. The van der Waals surface area contributed by atoms with E-state index in [4.69, 9.17) is 0 Å². The summed E-state index contributed by atoms with van der Waals surface area (Å²) in [7, 11) is 0. The first-order chi connectivity index (χ1) is 8.65. The smallest absolute Gasteiger partial charge is 0.275 e. The van der Waals surface area contributed by atoms with Crippen molar-refractivity contribution >= 4 is 11.4 Å². The highest BCUT2D eigenvalue weighted by Gasteiger charge is 2.24. The van der Waals surface area contributed by atoms with Crippen molar-refractivity contribution in [1.82, 2.24) is 0 Å². The Balaban J connectivity index is 2.94. The molecule has 0 aliphatic carbocycles. The molecule has 0 aromatic heterocycles. The van der Waals surface area contributed by atoms with Crippen molar-refractivity contribution in [3.05, 3.63) is 33.9 Å². The molecule has 0 spiro atoms. The van der Waals surface area contributed by atoms with Crippen LogP contribution in [0.2, 0.25) is 0 Å². The lowest BCUT2D eigenvalue weighted by Gasteiger charge is -2.30. The number of halogens is 2. The molecule has 0 fully saturated rings. The molecule has 1 aromatic carbocycles. The summed E-state index contributed by atoms with van der Waals surface area (Å²) >= 11 is 0. The van der Waals surface area contributed by atoms with Crippen LogP contribution in [0, 0.1) is 33.1 Å². The minimum atomic E-state index is -0.953. The van der Waals surface area contributed by atoms with Gasteiger partial charge >= 0.3 is 0 Å². The lowest BCUT2D eigenvalue weighted by molar-refractivity contribution is -0.385. The molecule has 4 nitrogen and oxygen atoms in total. The molecule has 0 heterocycles. The van der Waals surface area contributed by atoms with Gasteiger partial charge in [0.25, 0.3) is 5.69 Å². The second kappa shape index (κ2) is 5.50. The molecule has 19 heavy (non-hydrogen) atoms. The summed E-state index contributed by atoms with van der Waals surface area (Å²) < 4.78 is 27.3. The standard InChI is InChI=1S/C13H18F2N2O2/c1-8(2)13(3,4)7-16-12-10(14)5-9(17(18)19)6-11(12)15/h5-6,8,16H,7H2,1-4H3. The molecule has 0 radical (unpaired) electrons. The SMILES string of the molecule is CC(C)C(C)(C)CNc1c(F)cc([N+](=O)[O-])cc1F. The fourth-order valence-electron chi connectivity index (χ4n) is 1.35. The molecule has 0 unspecified atom stereocenters. The van der Waals surface area contributed by atoms with Crippen molar-refractivity contribution < 1.29 is 13.7 Å². The largest absolute Gasteiger partial charge is 0.380 e. The number of hydrogen-bond donors (Lipinski definition) is 1. The van der Waals surface area contributed by atoms with Crippen LogP contribution in [-0.2, 0) is 0 Å². The molecule has 1 aromatic rings. The van der Waals surface area contributed by atoms with Crippen molar-refractivity contribution in [2.45, 2.75) is 27.7 Å². The van der Waals surface area contributed by atoms with E-state index >= 15 is 0 Å². The van der Waals surface area contributed by atoms with Gasteiger partial charge in [0, 0.05) is 6.54 Å². The second-order valence-electron chi connectivity index (χ2n) is 5.54. The van der Waals surface area contributed by atoms with Gasteiger partial charge in [-0.05, 0) is 11.3 Å². The van der Waals surface area contributed by atoms with Crippen LogP contribution in [0.3, 0.4) is 0 Å². The Morgan fingerprint density at radius 3 is 2.16 bits per heavy atom. The lowest BCUT2D eigenvalue weighted by Crippen LogP contribution is -2.29. The number of nitro benzene ring substituents is 1. The van der Waals surface area contributed by atoms with Crippen LogP contribution in [0.25, 0.3) is 0 Å². The molecule has 106 valence electrons. The van der Waals surface area contributed by atoms with Gasteiger partial charge in [-0.25, -0.2) is 8.78 Å². The topological polar surface area (TPSA) is 55.2 Å². The summed E-state index contributed by atoms with van der Waals surface area (Å²) in [5, 5.41) is 13.2. The number of benzene rings is 1. The van der Waals surface area contributed by atoms with Crippen LogP contribution >= 0.6 is 0 Å². The zero-order valence-corrected chi connectivity index (χ0v) is 11.5. The second-order valence-corrected chi connectivity index (χ2v) is 5.54. The first-order valence-corrected chi connectivity index (χ1v) is 6.02. The van der Waals surface area contributed by atoms with Crippen LogP contribution in [0.15, 0.2) is 12.1 Å². The summed E-state index contributed by atoms with van der Waals surface area (Å²) in [6.45, 7) is 8.36. The van der Waals surface area contributed by atoms with Crippen LogP contribution in [0.4, 0.5) is 20.2 Å². The van der Waals surface area contributed by atoms with Gasteiger partial charge < -0.3 is 5.32 Å². The van der Waals surface area contributed by atoms with Crippen molar-refractivity contribution in [3.8, 4) is 0 Å². The predicted octanol–water partition coefficient (Wildman–Crippen LogP) is 3.97. The highest BCUT2D eigenvalue weighted by atomic mass is 19.1. The summed E-state index contributed by atoms with van der Waals surface area (Å²) in [4.78, 5) is 9.65. The molecule has 0 bridgehead atoms. The van der Waals surface area contributed by atoms with Gasteiger partial charge in [0.05, 0.1) is 17.1 Å². The monoisotopic (exact) mass is 272 g/mol. The Labute approximate surface area is 111 Å². The predicted molar refractivity (Wildman–Crippen MR) is 70.1 cm³/mol. The minimum Gasteiger partial charge on any atom is -0.380 e. The molecule has 0 aliphatic heterocycles. The quantitative estimate of drug-likeness (QED) is 0.652. The van der Waals surface area contributed by atoms with Gasteiger partial charge in [-0.3, -0.25) is 10.1 Å². The third-order valence-electron chi connectivity index (χ3n) is 3.52. The van der Waals surface area contributed by atoms with Crippen molar-refractivity contribution in [2.75, 3.05) is 11.9 Å². The Hall–Kier alpha value is -1.72. The maximum absolute atomic E-state index is 13.6. The van der Waals surface area contributed by atoms with E-state index in [1.807, 2.05) is 27.7 Å². The normalized spacial score (nSPS) is 11.7. The molecule has 0 atom stereocenters. The summed E-state index contributed by atoms with van der Waals surface area (Å²) in [6.07, 6.45) is 0. The van der Waals surface area contributed by atoms with Gasteiger partial charge in [0.1, 0.15) is 5.69 Å². The maximum Gasteiger partial charge on any atom is 0.275 e. The van der Waals surface area contributed by atoms with Crippen molar-refractivity contribution in [3.63, 3.8) is 0 Å². The summed E-state index contributed by atoms with van der Waals surface area (Å²) in [5.74, 6) is -1.58. The highest BCUT2D eigenvalue weighted by molar-refractivity contribution is 5.51. The Bertz CT molecular complexity index is 465. The van der Waals surface area contributed by atoms with E-state index < -0.39 is 22.2 Å². The first-order valence-electron chi connectivity index (χ1n) is 6.02. The van der Waals surface area contributed by atoms with Crippen LogP contribution in [0.5, 0.6) is 0 Å². The average Bonchev–Trinajstić information content (AvgIpc) is 2.27. The number of anilines is 1. The van der Waals surface area contributed by atoms with Gasteiger partial charge in [-0.15, -0.1) is 0 Å². The third kappa shape index (κ3) is 3.62. The minimum absolute atomic E-state index is 0.152. The molecule has 0 saturated heterocycles. The van der Waals surface area contributed by atoms with Gasteiger partial charge in [-0.1, -0.05) is 27.7 Å². The Morgan fingerprint density at radius 2 is 1.79 bits per heavy atom. The van der Waals surface area contributed by atoms with Gasteiger partial charge in [0.2, 0.25) is 0 Å². The first kappa shape index (κ1) is 15.3. The number of nitro groups is 1. The van der Waals surface area contributed by atoms with E-state index in [-0.39, 0.29) is 11.1 Å². The fourth-order valence-corrected chi connectivity index (χ4v) is 1.35. The third-order valence-corrected chi connectivity index (χ3v) is 3.52.